The largest absolute Gasteiger partial charge is 0.465 e. The predicted octanol–water partition coefficient (Wildman–Crippen LogP) is 2.18. The average Bonchev–Trinajstić information content (AvgIpc) is 2.84. The van der Waals surface area contributed by atoms with Crippen molar-refractivity contribution in [3.63, 3.8) is 0 Å². The molecule has 0 radical (unpaired) electrons. The van der Waals surface area contributed by atoms with E-state index in [9.17, 15) is 13.6 Å². The molecule has 0 saturated carbocycles. The van der Waals surface area contributed by atoms with E-state index in [-0.39, 0.29) is 17.2 Å². The summed E-state index contributed by atoms with van der Waals surface area (Å²) in [5, 5.41) is 3.08. The van der Waals surface area contributed by atoms with Crippen molar-refractivity contribution in [2.75, 3.05) is 13.7 Å². The third kappa shape index (κ3) is 2.29. The van der Waals surface area contributed by atoms with E-state index in [4.69, 9.17) is 0 Å². The van der Waals surface area contributed by atoms with Crippen molar-refractivity contribution in [3.05, 3.63) is 34.9 Å². The maximum absolute atomic E-state index is 13.8. The second-order valence-corrected chi connectivity index (χ2v) is 3.99. The highest BCUT2D eigenvalue weighted by Gasteiger charge is 2.23. The smallest absolute Gasteiger partial charge is 0.340 e. The molecule has 0 bridgehead atoms. The Morgan fingerprint density at radius 3 is 2.76 bits per heavy atom. The van der Waals surface area contributed by atoms with Crippen molar-refractivity contribution < 1.29 is 18.3 Å². The highest BCUT2D eigenvalue weighted by Crippen LogP contribution is 2.27. The van der Waals surface area contributed by atoms with Crippen molar-refractivity contribution >= 4 is 5.97 Å². The summed E-state index contributed by atoms with van der Waals surface area (Å²) in [6.07, 6.45) is 1.71. The van der Waals surface area contributed by atoms with Gasteiger partial charge in [0.05, 0.1) is 12.7 Å². The number of carbonyl (C=O) groups is 1. The average molecular weight is 241 g/mol. The highest BCUT2D eigenvalue weighted by molar-refractivity contribution is 5.89. The molecule has 5 heteroatoms. The highest BCUT2D eigenvalue weighted by atomic mass is 19.1. The normalized spacial score (nSPS) is 19.4. The van der Waals surface area contributed by atoms with Gasteiger partial charge in [-0.25, -0.2) is 13.6 Å². The van der Waals surface area contributed by atoms with Gasteiger partial charge in [-0.1, -0.05) is 0 Å². The molecule has 1 atom stereocenters. The minimum Gasteiger partial charge on any atom is -0.465 e. The summed E-state index contributed by atoms with van der Waals surface area (Å²) in [6.45, 7) is 0.796. The minimum absolute atomic E-state index is 0.170. The van der Waals surface area contributed by atoms with Crippen LogP contribution in [0.1, 0.15) is 34.8 Å². The SMILES string of the molecule is COC(=O)c1cc(F)c(C2CCCN2)cc1F. The molecule has 1 aliphatic rings. The summed E-state index contributed by atoms with van der Waals surface area (Å²) < 4.78 is 31.8. The van der Waals surface area contributed by atoms with Crippen LogP contribution in [0.2, 0.25) is 0 Å². The maximum Gasteiger partial charge on any atom is 0.340 e. The predicted molar refractivity (Wildman–Crippen MR) is 57.7 cm³/mol. The fourth-order valence-corrected chi connectivity index (χ4v) is 2.05. The molecule has 1 aromatic rings. The quantitative estimate of drug-likeness (QED) is 0.806. The monoisotopic (exact) mass is 241 g/mol. The Kier molecular flexibility index (Phi) is 3.38. The first-order valence-corrected chi connectivity index (χ1v) is 5.44. The molecule has 0 aliphatic carbocycles. The van der Waals surface area contributed by atoms with Crippen molar-refractivity contribution in [3.8, 4) is 0 Å². The zero-order valence-electron chi connectivity index (χ0n) is 9.43. The topological polar surface area (TPSA) is 38.3 Å². The van der Waals surface area contributed by atoms with E-state index in [1.165, 1.54) is 0 Å². The summed E-state index contributed by atoms with van der Waals surface area (Å²) in [4.78, 5) is 11.2. The molecule has 1 N–H and O–H groups in total. The number of carbonyl (C=O) groups excluding carboxylic acids is 1. The van der Waals surface area contributed by atoms with E-state index in [1.807, 2.05) is 0 Å². The van der Waals surface area contributed by atoms with Crippen LogP contribution in [-0.4, -0.2) is 19.6 Å². The lowest BCUT2D eigenvalue weighted by atomic mass is 10.0. The summed E-state index contributed by atoms with van der Waals surface area (Å²) in [7, 11) is 1.13. The Hall–Kier alpha value is -1.49. The van der Waals surface area contributed by atoms with Gasteiger partial charge < -0.3 is 10.1 Å². The Bertz CT molecular complexity index is 442. The summed E-state index contributed by atoms with van der Waals surface area (Å²) in [6, 6.07) is 1.80. The van der Waals surface area contributed by atoms with Crippen LogP contribution in [0.5, 0.6) is 0 Å². The van der Waals surface area contributed by atoms with Crippen LogP contribution in [0.4, 0.5) is 8.78 Å². The summed E-state index contributed by atoms with van der Waals surface area (Å²) in [5.74, 6) is -2.19. The van der Waals surface area contributed by atoms with Gasteiger partial charge in [0.25, 0.3) is 0 Å². The summed E-state index contributed by atoms with van der Waals surface area (Å²) in [5.41, 5.74) is -0.0978. The Balaban J connectivity index is 2.37. The third-order valence-electron chi connectivity index (χ3n) is 2.93. The minimum atomic E-state index is -0.868. The molecular weight excluding hydrogens is 228 g/mol. The first-order chi connectivity index (χ1) is 8.13. The second-order valence-electron chi connectivity index (χ2n) is 3.99. The van der Waals surface area contributed by atoms with Gasteiger partial charge in [0.15, 0.2) is 0 Å². The molecule has 2 rings (SSSR count). The molecule has 3 nitrogen and oxygen atoms in total. The van der Waals surface area contributed by atoms with Crippen LogP contribution in [-0.2, 0) is 4.74 Å². The molecule has 1 aromatic carbocycles. The van der Waals surface area contributed by atoms with E-state index < -0.39 is 17.6 Å². The van der Waals surface area contributed by atoms with Crippen molar-refractivity contribution in [1.29, 1.82) is 0 Å². The Morgan fingerprint density at radius 1 is 1.41 bits per heavy atom. The number of hydrogen-bond acceptors (Lipinski definition) is 3. The number of methoxy groups -OCH3 is 1. The number of halogens is 2. The van der Waals surface area contributed by atoms with Crippen LogP contribution in [0, 0.1) is 11.6 Å². The summed E-state index contributed by atoms with van der Waals surface area (Å²) >= 11 is 0. The van der Waals surface area contributed by atoms with Crippen LogP contribution in [0.25, 0.3) is 0 Å². The zero-order valence-corrected chi connectivity index (χ0v) is 9.43. The number of nitrogens with one attached hydrogen (secondary N) is 1. The molecule has 1 unspecified atom stereocenters. The van der Waals surface area contributed by atoms with E-state index in [0.29, 0.717) is 0 Å². The van der Waals surface area contributed by atoms with Gasteiger partial charge in [0.2, 0.25) is 0 Å². The Morgan fingerprint density at radius 2 is 2.18 bits per heavy atom. The molecule has 92 valence electrons. The first-order valence-electron chi connectivity index (χ1n) is 5.44. The number of benzene rings is 1. The van der Waals surface area contributed by atoms with Gasteiger partial charge in [-0.3, -0.25) is 0 Å². The zero-order chi connectivity index (χ0) is 12.4. The fourth-order valence-electron chi connectivity index (χ4n) is 2.05. The van der Waals surface area contributed by atoms with Crippen molar-refractivity contribution in [2.45, 2.75) is 18.9 Å². The number of rotatable bonds is 2. The van der Waals surface area contributed by atoms with Crippen molar-refractivity contribution in [1.82, 2.24) is 5.32 Å². The lowest BCUT2D eigenvalue weighted by Gasteiger charge is -2.13. The molecule has 1 aliphatic heterocycles. The molecule has 0 spiro atoms. The molecular formula is C12H13F2NO2. The molecule has 1 fully saturated rings. The van der Waals surface area contributed by atoms with E-state index in [0.717, 1.165) is 38.6 Å². The number of hydrogen-bond donors (Lipinski definition) is 1. The lowest BCUT2D eigenvalue weighted by molar-refractivity contribution is 0.0595. The van der Waals surface area contributed by atoms with Crippen molar-refractivity contribution in [2.24, 2.45) is 0 Å². The van der Waals surface area contributed by atoms with Gasteiger partial charge in [-0.2, -0.15) is 0 Å². The lowest BCUT2D eigenvalue weighted by Crippen LogP contribution is -2.16. The standard InChI is InChI=1S/C12H13F2NO2/c1-17-12(16)8-6-9(13)7(5-10(8)14)11-3-2-4-15-11/h5-6,11,15H,2-4H2,1H3. The van der Waals surface area contributed by atoms with Gasteiger partial charge in [0.1, 0.15) is 11.6 Å². The van der Waals surface area contributed by atoms with E-state index in [1.54, 1.807) is 0 Å². The van der Waals surface area contributed by atoms with Gasteiger partial charge >= 0.3 is 5.97 Å². The van der Waals surface area contributed by atoms with Gasteiger partial charge in [0, 0.05) is 11.6 Å². The Labute approximate surface area is 97.8 Å². The molecule has 17 heavy (non-hydrogen) atoms. The van der Waals surface area contributed by atoms with E-state index in [2.05, 4.69) is 10.1 Å². The van der Waals surface area contributed by atoms with Gasteiger partial charge in [-0.05, 0) is 31.5 Å². The van der Waals surface area contributed by atoms with Gasteiger partial charge in [-0.15, -0.1) is 0 Å². The molecule has 1 saturated heterocycles. The number of esters is 1. The van der Waals surface area contributed by atoms with Crippen LogP contribution in [0.15, 0.2) is 12.1 Å². The number of ether oxygens (including phenoxy) is 1. The maximum atomic E-state index is 13.8. The molecule has 0 amide bonds. The van der Waals surface area contributed by atoms with Crippen LogP contribution < -0.4 is 5.32 Å². The molecule has 0 aromatic heterocycles. The van der Waals surface area contributed by atoms with Crippen LogP contribution >= 0.6 is 0 Å². The first kappa shape index (κ1) is 12.0. The van der Waals surface area contributed by atoms with Crippen LogP contribution in [0.3, 0.4) is 0 Å². The fraction of sp³-hybridized carbons (Fsp3) is 0.417. The van der Waals surface area contributed by atoms with E-state index >= 15 is 0 Å². The third-order valence-corrected chi connectivity index (χ3v) is 2.93. The second kappa shape index (κ2) is 4.79. The molecule has 1 heterocycles.